The zero-order valence-electron chi connectivity index (χ0n) is 22.9. The van der Waals surface area contributed by atoms with Gasteiger partial charge in [0, 0.05) is 33.2 Å². The second-order valence-corrected chi connectivity index (χ2v) is 12.0. The van der Waals surface area contributed by atoms with Gasteiger partial charge in [0.25, 0.3) is 11.8 Å². The minimum absolute atomic E-state index is 0.0107. The predicted octanol–water partition coefficient (Wildman–Crippen LogP) is 6.67. The molecule has 0 aliphatic carbocycles. The molecule has 18 heteroatoms. The van der Waals surface area contributed by atoms with Crippen molar-refractivity contribution in [3.05, 3.63) is 83.9 Å². The average Bonchev–Trinajstić information content (AvgIpc) is 2.95. The fourth-order valence-electron chi connectivity index (χ4n) is 3.46. The van der Waals surface area contributed by atoms with Gasteiger partial charge in [0.1, 0.15) is 33.7 Å². The molecule has 0 saturated carbocycles. The largest absolute Gasteiger partial charge is 0.383 e. The number of anilines is 3. The van der Waals surface area contributed by atoms with Gasteiger partial charge in [0.15, 0.2) is 10.3 Å². The van der Waals surface area contributed by atoms with E-state index in [2.05, 4.69) is 30.6 Å². The van der Waals surface area contributed by atoms with E-state index in [1.54, 1.807) is 48.9 Å². The first kappa shape index (κ1) is 35.6. The fourth-order valence-corrected chi connectivity index (χ4v) is 5.46. The number of nitrogen functional groups attached to an aromatic ring is 1. The van der Waals surface area contributed by atoms with Crippen LogP contribution in [0.1, 0.15) is 31.8 Å². The Balaban J connectivity index is 0.000000240. The summed E-state index contributed by atoms with van der Waals surface area (Å²) in [7, 11) is 0. The van der Waals surface area contributed by atoms with Gasteiger partial charge in [-0.05, 0) is 47.9 Å². The monoisotopic (exact) mass is 733 g/mol. The molecule has 2 aromatic heterocycles. The van der Waals surface area contributed by atoms with E-state index < -0.39 is 11.8 Å². The van der Waals surface area contributed by atoms with Gasteiger partial charge in [-0.1, -0.05) is 93.7 Å². The number of aromatic nitrogens is 4. The van der Waals surface area contributed by atoms with E-state index in [0.717, 1.165) is 11.1 Å². The number of primary amides is 2. The number of rotatable bonds is 10. The normalized spacial score (nSPS) is 10.5. The number of carbonyl (C=O) groups excluding carboxylic acids is 2. The Hall–Kier alpha value is -2.91. The molecule has 44 heavy (non-hydrogen) atoms. The molecule has 232 valence electrons. The molecule has 2 amide bonds. The molecular weight excluding hydrogens is 712 g/mol. The zero-order chi connectivity index (χ0) is 32.6. The van der Waals surface area contributed by atoms with Crippen LogP contribution < -0.4 is 27.8 Å². The van der Waals surface area contributed by atoms with Gasteiger partial charge in [0.2, 0.25) is 0 Å². The summed E-state index contributed by atoms with van der Waals surface area (Å²) in [5, 5.41) is 9.00. The quantitative estimate of drug-likeness (QED) is 0.0665. The summed E-state index contributed by atoms with van der Waals surface area (Å²) < 4.78 is 0. The summed E-state index contributed by atoms with van der Waals surface area (Å²) in [4.78, 5) is 39.5. The van der Waals surface area contributed by atoms with Gasteiger partial charge in [-0.25, -0.2) is 19.9 Å². The number of carbonyl (C=O) groups is 2. The molecule has 0 radical (unpaired) electrons. The van der Waals surface area contributed by atoms with Gasteiger partial charge < -0.3 is 27.8 Å². The first-order valence-electron chi connectivity index (χ1n) is 12.1. The van der Waals surface area contributed by atoms with E-state index in [1.807, 2.05) is 0 Å². The Morgan fingerprint density at radius 3 is 1.55 bits per heavy atom. The maximum Gasteiger partial charge on any atom is 0.256 e. The van der Waals surface area contributed by atoms with Gasteiger partial charge in [-0.15, -0.1) is 0 Å². The Morgan fingerprint density at radius 2 is 1.14 bits per heavy atom. The van der Waals surface area contributed by atoms with Crippen molar-refractivity contribution in [1.82, 2.24) is 19.9 Å². The molecule has 0 fully saturated rings. The SMILES string of the molecule is CSc1nc(Cl)c(C(N)=O)c(NCc2ccc(Cl)cc2Cl)n1.CSc1nc(N)c(C(N)=O)c(NCc2ccc(Cl)cc2Cl)n1. The minimum Gasteiger partial charge on any atom is -0.383 e. The Bertz CT molecular complexity index is 1580. The second kappa shape index (κ2) is 16.4. The number of nitrogens with zero attached hydrogens (tertiary/aromatic N) is 4. The molecule has 0 atom stereocenters. The van der Waals surface area contributed by atoms with Crippen molar-refractivity contribution < 1.29 is 9.59 Å². The lowest BCUT2D eigenvalue weighted by molar-refractivity contribution is 0.0992. The molecule has 4 aromatic rings. The first-order chi connectivity index (χ1) is 20.8. The van der Waals surface area contributed by atoms with Gasteiger partial charge >= 0.3 is 0 Å². The Morgan fingerprint density at radius 1 is 0.705 bits per heavy atom. The summed E-state index contributed by atoms with van der Waals surface area (Å²) in [5.41, 5.74) is 18.1. The van der Waals surface area contributed by atoms with Crippen LogP contribution in [0.2, 0.25) is 25.2 Å². The van der Waals surface area contributed by atoms with Crippen molar-refractivity contribution in [1.29, 1.82) is 0 Å². The lowest BCUT2D eigenvalue weighted by atomic mass is 10.2. The van der Waals surface area contributed by atoms with E-state index in [1.165, 1.54) is 23.5 Å². The van der Waals surface area contributed by atoms with Crippen LogP contribution in [0.15, 0.2) is 46.7 Å². The lowest BCUT2D eigenvalue weighted by Gasteiger charge is -2.12. The van der Waals surface area contributed by atoms with Gasteiger partial charge in [-0.2, -0.15) is 0 Å². The first-order valence-corrected chi connectivity index (χ1v) is 16.5. The van der Waals surface area contributed by atoms with Crippen molar-refractivity contribution in [2.75, 3.05) is 28.9 Å². The number of nitrogens with one attached hydrogen (secondary N) is 2. The number of hydrogen-bond donors (Lipinski definition) is 5. The smallest absolute Gasteiger partial charge is 0.256 e. The van der Waals surface area contributed by atoms with Crippen molar-refractivity contribution in [2.45, 2.75) is 23.4 Å². The Kier molecular flexibility index (Phi) is 13.3. The summed E-state index contributed by atoms with van der Waals surface area (Å²) in [5.74, 6) is -0.827. The van der Waals surface area contributed by atoms with Crippen LogP contribution in [0.5, 0.6) is 0 Å². The van der Waals surface area contributed by atoms with Crippen LogP contribution in [-0.4, -0.2) is 44.3 Å². The molecule has 0 saturated heterocycles. The second-order valence-electron chi connectivity index (χ2n) is 8.45. The molecule has 0 aliphatic heterocycles. The highest BCUT2D eigenvalue weighted by atomic mass is 35.5. The maximum absolute atomic E-state index is 11.5. The van der Waals surface area contributed by atoms with Crippen molar-refractivity contribution >= 4 is 111 Å². The van der Waals surface area contributed by atoms with Crippen LogP contribution in [0, 0.1) is 0 Å². The van der Waals surface area contributed by atoms with E-state index in [4.69, 9.17) is 75.2 Å². The molecule has 11 nitrogen and oxygen atoms in total. The fraction of sp³-hybridized carbons (Fsp3) is 0.154. The number of thioether (sulfide) groups is 2. The molecule has 2 heterocycles. The number of benzene rings is 2. The zero-order valence-corrected chi connectivity index (χ0v) is 28.3. The van der Waals surface area contributed by atoms with Crippen LogP contribution in [0.3, 0.4) is 0 Å². The van der Waals surface area contributed by atoms with Crippen molar-refractivity contribution in [2.24, 2.45) is 11.5 Å². The summed E-state index contributed by atoms with van der Waals surface area (Å²) in [6, 6.07) is 10.3. The highest BCUT2D eigenvalue weighted by Crippen LogP contribution is 2.27. The average molecular weight is 736 g/mol. The molecule has 2 aromatic carbocycles. The summed E-state index contributed by atoms with van der Waals surface area (Å²) in [6.45, 7) is 0.665. The molecule has 0 unspecified atom stereocenters. The molecule has 8 N–H and O–H groups in total. The highest BCUT2D eigenvalue weighted by Gasteiger charge is 2.19. The number of nitrogens with two attached hydrogens (primary N) is 3. The summed E-state index contributed by atoms with van der Waals surface area (Å²) in [6.07, 6.45) is 3.61. The predicted molar refractivity (Wildman–Crippen MR) is 182 cm³/mol. The van der Waals surface area contributed by atoms with E-state index >= 15 is 0 Å². The topological polar surface area (TPSA) is 188 Å². The third-order valence-corrected chi connectivity index (χ3v) is 8.08. The van der Waals surface area contributed by atoms with Gasteiger partial charge in [0.05, 0.1) is 0 Å². The number of amides is 2. The molecule has 4 rings (SSSR count). The van der Waals surface area contributed by atoms with E-state index in [-0.39, 0.29) is 33.7 Å². The van der Waals surface area contributed by atoms with Crippen LogP contribution >= 0.6 is 81.5 Å². The number of hydrogen-bond acceptors (Lipinski definition) is 11. The standard InChI is InChI=1S/C13H11Cl3N4OS.C13H13Cl2N5OS/c2*1-22-13-19-10(16)9(11(17)21)12(20-13)18-5-6-2-3-7(14)4-8(6)15/h2-4H,5H2,1H3,(H2,17,21)(H,18,19,20);2-4H,5H2,1H3,(H2,17,21)(H3,16,18,19,20). The van der Waals surface area contributed by atoms with Gasteiger partial charge in [-0.3, -0.25) is 9.59 Å². The Labute approximate surface area is 286 Å². The minimum atomic E-state index is -0.706. The molecular formula is C26H24Cl5N9O2S2. The van der Waals surface area contributed by atoms with E-state index in [0.29, 0.717) is 43.5 Å². The maximum atomic E-state index is 11.5. The third kappa shape index (κ3) is 9.54. The van der Waals surface area contributed by atoms with Crippen molar-refractivity contribution in [3.63, 3.8) is 0 Å². The van der Waals surface area contributed by atoms with Crippen LogP contribution in [0.4, 0.5) is 17.5 Å². The van der Waals surface area contributed by atoms with E-state index in [9.17, 15) is 9.59 Å². The van der Waals surface area contributed by atoms with Crippen molar-refractivity contribution in [3.8, 4) is 0 Å². The molecule has 0 spiro atoms. The lowest BCUT2D eigenvalue weighted by Crippen LogP contribution is -2.19. The summed E-state index contributed by atoms with van der Waals surface area (Å²) >= 11 is 32.5. The van der Waals surface area contributed by atoms with Crippen LogP contribution in [-0.2, 0) is 13.1 Å². The molecule has 0 bridgehead atoms. The van der Waals surface area contributed by atoms with Crippen LogP contribution in [0.25, 0.3) is 0 Å². The number of halogens is 5. The third-order valence-electron chi connectivity index (χ3n) is 5.54. The highest BCUT2D eigenvalue weighted by molar-refractivity contribution is 7.98. The molecule has 0 aliphatic rings.